The second-order valence-electron chi connectivity index (χ2n) is 5.73. The molecule has 1 amide bonds. The van der Waals surface area contributed by atoms with Crippen LogP contribution >= 0.6 is 0 Å². The van der Waals surface area contributed by atoms with E-state index < -0.39 is 34.2 Å². The topological polar surface area (TPSA) is 66.5 Å². The van der Waals surface area contributed by atoms with Gasteiger partial charge in [-0.2, -0.15) is 13.2 Å². The fourth-order valence-electron chi connectivity index (χ4n) is 2.18. The number of carbonyl (C=O) groups excluding carboxylic acids is 1. The maximum atomic E-state index is 12.6. The predicted molar refractivity (Wildman–Crippen MR) is 93.4 cm³/mol. The van der Waals surface area contributed by atoms with Crippen LogP contribution in [0.3, 0.4) is 0 Å². The van der Waals surface area contributed by atoms with E-state index in [0.29, 0.717) is 5.69 Å². The normalized spacial score (nSPS) is 11.9. The van der Waals surface area contributed by atoms with Crippen LogP contribution < -0.4 is 9.62 Å². The van der Waals surface area contributed by atoms with Crippen molar-refractivity contribution >= 4 is 27.3 Å². The molecule has 0 heterocycles. The third kappa shape index (κ3) is 5.22. The van der Waals surface area contributed by atoms with Crippen LogP contribution in [0.15, 0.2) is 48.5 Å². The summed E-state index contributed by atoms with van der Waals surface area (Å²) in [7, 11) is -3.87. The Morgan fingerprint density at radius 3 is 2.04 bits per heavy atom. The summed E-state index contributed by atoms with van der Waals surface area (Å²) in [5.41, 5.74) is 0.547. The molecular weight excluding hydrogens is 369 g/mol. The molecule has 0 aliphatic rings. The highest BCUT2D eigenvalue weighted by atomic mass is 32.2. The van der Waals surface area contributed by atoms with Crippen molar-refractivity contribution in [2.45, 2.75) is 13.1 Å². The molecule has 2 aromatic carbocycles. The van der Waals surface area contributed by atoms with Gasteiger partial charge in [-0.3, -0.25) is 9.10 Å². The zero-order chi connectivity index (χ0) is 19.5. The highest BCUT2D eigenvalue weighted by Crippen LogP contribution is 2.31. The molecule has 5 nitrogen and oxygen atoms in total. The van der Waals surface area contributed by atoms with Gasteiger partial charge in [-0.05, 0) is 43.3 Å². The Morgan fingerprint density at radius 1 is 1.04 bits per heavy atom. The van der Waals surface area contributed by atoms with E-state index in [0.717, 1.165) is 40.4 Å². The zero-order valence-corrected chi connectivity index (χ0v) is 14.9. The van der Waals surface area contributed by atoms with E-state index in [2.05, 4.69) is 5.32 Å². The van der Waals surface area contributed by atoms with Crippen molar-refractivity contribution < 1.29 is 26.4 Å². The largest absolute Gasteiger partial charge is 0.416 e. The third-order valence-electron chi connectivity index (χ3n) is 3.51. The van der Waals surface area contributed by atoms with Crippen LogP contribution in [-0.4, -0.2) is 27.1 Å². The quantitative estimate of drug-likeness (QED) is 0.856. The summed E-state index contributed by atoms with van der Waals surface area (Å²) >= 11 is 0. The molecule has 0 bridgehead atoms. The fraction of sp³-hybridized carbons (Fsp3) is 0.235. The molecule has 0 radical (unpaired) electrons. The van der Waals surface area contributed by atoms with Gasteiger partial charge in [0.1, 0.15) is 6.54 Å². The highest BCUT2D eigenvalue weighted by Gasteiger charge is 2.30. The first-order chi connectivity index (χ1) is 12.0. The molecule has 0 unspecified atom stereocenters. The number of halogens is 3. The number of hydrogen-bond acceptors (Lipinski definition) is 3. The van der Waals surface area contributed by atoms with Gasteiger partial charge >= 0.3 is 6.18 Å². The lowest BCUT2D eigenvalue weighted by molar-refractivity contribution is -0.137. The smallest absolute Gasteiger partial charge is 0.325 e. The Hall–Kier alpha value is -2.55. The second kappa shape index (κ2) is 7.36. The summed E-state index contributed by atoms with van der Waals surface area (Å²) in [6, 6.07) is 10.5. The van der Waals surface area contributed by atoms with Gasteiger partial charge in [0, 0.05) is 5.69 Å². The number of sulfonamides is 1. The lowest BCUT2D eigenvalue weighted by Crippen LogP contribution is -2.37. The highest BCUT2D eigenvalue weighted by molar-refractivity contribution is 7.92. The molecule has 0 fully saturated rings. The van der Waals surface area contributed by atoms with Crippen LogP contribution in [0, 0.1) is 6.92 Å². The number of benzene rings is 2. The summed E-state index contributed by atoms with van der Waals surface area (Å²) in [4.78, 5) is 12.2. The average Bonchev–Trinajstić information content (AvgIpc) is 2.53. The molecule has 0 aliphatic carbocycles. The number of alkyl halides is 3. The second-order valence-corrected chi connectivity index (χ2v) is 7.64. The summed E-state index contributed by atoms with van der Waals surface area (Å²) < 4.78 is 62.6. The van der Waals surface area contributed by atoms with Crippen molar-refractivity contribution in [3.63, 3.8) is 0 Å². The van der Waals surface area contributed by atoms with Crippen molar-refractivity contribution in [3.05, 3.63) is 59.7 Å². The Kier molecular flexibility index (Phi) is 5.60. The van der Waals surface area contributed by atoms with Crippen LogP contribution in [-0.2, 0) is 21.0 Å². The number of anilines is 2. The fourth-order valence-corrected chi connectivity index (χ4v) is 3.04. The molecule has 0 saturated carbocycles. The maximum absolute atomic E-state index is 12.6. The molecule has 0 aromatic heterocycles. The molecule has 0 atom stereocenters. The zero-order valence-electron chi connectivity index (χ0n) is 14.0. The first-order valence-electron chi connectivity index (χ1n) is 7.48. The Bertz CT molecular complexity index is 877. The number of carbonyl (C=O) groups is 1. The molecule has 140 valence electrons. The van der Waals surface area contributed by atoms with Gasteiger partial charge < -0.3 is 5.32 Å². The molecule has 0 aliphatic heterocycles. The van der Waals surface area contributed by atoms with E-state index in [1.54, 1.807) is 24.3 Å². The summed E-state index contributed by atoms with van der Waals surface area (Å²) in [5, 5.41) is 2.55. The summed E-state index contributed by atoms with van der Waals surface area (Å²) in [6.45, 7) is 1.32. The molecule has 2 aromatic rings. The van der Waals surface area contributed by atoms with E-state index in [1.807, 2.05) is 6.92 Å². The van der Waals surface area contributed by atoms with Crippen LogP contribution in [0.5, 0.6) is 0 Å². The molecule has 9 heteroatoms. The van der Waals surface area contributed by atoms with E-state index in [1.165, 1.54) is 0 Å². The Labute approximate surface area is 149 Å². The number of nitrogens with one attached hydrogen (secondary N) is 1. The molecule has 2 rings (SSSR count). The molecule has 26 heavy (non-hydrogen) atoms. The van der Waals surface area contributed by atoms with Crippen molar-refractivity contribution in [3.8, 4) is 0 Å². The average molecular weight is 386 g/mol. The monoisotopic (exact) mass is 386 g/mol. The van der Waals surface area contributed by atoms with Gasteiger partial charge in [0.05, 0.1) is 17.5 Å². The van der Waals surface area contributed by atoms with Crippen LogP contribution in [0.25, 0.3) is 0 Å². The maximum Gasteiger partial charge on any atom is 0.416 e. The van der Waals surface area contributed by atoms with Crippen molar-refractivity contribution in [2.75, 3.05) is 22.4 Å². The van der Waals surface area contributed by atoms with E-state index >= 15 is 0 Å². The lowest BCUT2D eigenvalue weighted by atomic mass is 10.2. The summed E-state index contributed by atoms with van der Waals surface area (Å²) in [5.74, 6) is -0.612. The number of nitrogens with zero attached hydrogens (tertiary/aromatic N) is 1. The van der Waals surface area contributed by atoms with Gasteiger partial charge in [0.2, 0.25) is 15.9 Å². The van der Waals surface area contributed by atoms with Gasteiger partial charge in [-0.1, -0.05) is 17.7 Å². The van der Waals surface area contributed by atoms with Crippen LogP contribution in [0.2, 0.25) is 0 Å². The van der Waals surface area contributed by atoms with Gasteiger partial charge in [-0.15, -0.1) is 0 Å². The van der Waals surface area contributed by atoms with Crippen molar-refractivity contribution in [2.24, 2.45) is 0 Å². The third-order valence-corrected chi connectivity index (χ3v) is 4.65. The van der Waals surface area contributed by atoms with Crippen molar-refractivity contribution in [1.82, 2.24) is 0 Å². The lowest BCUT2D eigenvalue weighted by Gasteiger charge is -2.22. The summed E-state index contributed by atoms with van der Waals surface area (Å²) in [6.07, 6.45) is -3.65. The minimum absolute atomic E-state index is 0.0282. The van der Waals surface area contributed by atoms with Gasteiger partial charge in [-0.25, -0.2) is 8.42 Å². The molecule has 0 saturated heterocycles. The first-order valence-corrected chi connectivity index (χ1v) is 9.33. The van der Waals surface area contributed by atoms with Crippen LogP contribution in [0.4, 0.5) is 24.5 Å². The Balaban J connectivity index is 2.20. The van der Waals surface area contributed by atoms with Crippen LogP contribution in [0.1, 0.15) is 11.1 Å². The standard InChI is InChI=1S/C17H17F3N2O3S/c1-12-3-7-14(8-4-12)21-16(23)11-22(26(2,24)25)15-9-5-13(6-10-15)17(18,19)20/h3-10H,11H2,1-2H3,(H,21,23). The predicted octanol–water partition coefficient (Wildman–Crippen LogP) is 3.42. The SMILES string of the molecule is Cc1ccc(NC(=O)CN(c2ccc(C(F)(F)F)cc2)S(C)(=O)=O)cc1. The number of hydrogen-bond donors (Lipinski definition) is 1. The minimum Gasteiger partial charge on any atom is -0.325 e. The number of amides is 1. The number of aryl methyl sites for hydroxylation is 1. The van der Waals surface area contributed by atoms with E-state index in [9.17, 15) is 26.4 Å². The molecule has 0 spiro atoms. The van der Waals surface area contributed by atoms with E-state index in [-0.39, 0.29) is 5.69 Å². The van der Waals surface area contributed by atoms with Crippen molar-refractivity contribution in [1.29, 1.82) is 0 Å². The van der Waals surface area contributed by atoms with E-state index in [4.69, 9.17) is 0 Å². The minimum atomic E-state index is -4.53. The Morgan fingerprint density at radius 2 is 1.58 bits per heavy atom. The first kappa shape index (κ1) is 19.8. The number of rotatable bonds is 5. The molecular formula is C17H17F3N2O3S. The molecule has 1 N–H and O–H groups in total. The van der Waals surface area contributed by atoms with Gasteiger partial charge in [0.15, 0.2) is 0 Å². The van der Waals surface area contributed by atoms with Gasteiger partial charge in [0.25, 0.3) is 0 Å².